The zero-order valence-electron chi connectivity index (χ0n) is 12.6. The predicted octanol–water partition coefficient (Wildman–Crippen LogP) is 3.19. The van der Waals surface area contributed by atoms with Crippen molar-refractivity contribution in [3.8, 4) is 0 Å². The molecule has 0 saturated heterocycles. The number of benzene rings is 1. The highest BCUT2D eigenvalue weighted by molar-refractivity contribution is 6.30. The molecule has 0 bridgehead atoms. The molecule has 116 valence electrons. The van der Waals surface area contributed by atoms with Gasteiger partial charge >= 0.3 is 0 Å². The molecule has 1 aromatic carbocycles. The number of aliphatic hydroxyl groups is 1. The van der Waals surface area contributed by atoms with Gasteiger partial charge in [-0.1, -0.05) is 37.1 Å². The second kappa shape index (κ2) is 7.28. The van der Waals surface area contributed by atoms with Crippen molar-refractivity contribution in [2.75, 3.05) is 13.2 Å². The molecule has 1 atom stereocenters. The standard InChI is InChI=1S/C17H24ClNO2/c1-13(10-14-4-2-5-15(18)11-14)16(21)19-12-17(8-9-20)6-3-7-17/h2,4-5,11,13,20H,3,6-10,12H2,1H3,(H,19,21)/t13-/m0/s1. The van der Waals surface area contributed by atoms with Crippen molar-refractivity contribution in [1.82, 2.24) is 5.32 Å². The topological polar surface area (TPSA) is 49.3 Å². The fraction of sp³-hybridized carbons (Fsp3) is 0.588. The number of aliphatic hydroxyl groups excluding tert-OH is 1. The molecule has 3 nitrogen and oxygen atoms in total. The molecule has 2 N–H and O–H groups in total. The van der Waals surface area contributed by atoms with Crippen LogP contribution in [0.25, 0.3) is 0 Å². The summed E-state index contributed by atoms with van der Waals surface area (Å²) in [5.74, 6) is 0.00825. The Bertz CT molecular complexity index is 485. The maximum Gasteiger partial charge on any atom is 0.223 e. The molecule has 0 radical (unpaired) electrons. The fourth-order valence-corrected chi connectivity index (χ4v) is 3.20. The molecule has 1 aliphatic carbocycles. The molecule has 0 aromatic heterocycles. The molecule has 1 aromatic rings. The van der Waals surface area contributed by atoms with Gasteiger partial charge in [0.1, 0.15) is 0 Å². The molecule has 0 spiro atoms. The first-order valence-corrected chi connectivity index (χ1v) is 8.05. The van der Waals surface area contributed by atoms with Gasteiger partial charge in [-0.25, -0.2) is 0 Å². The van der Waals surface area contributed by atoms with E-state index in [9.17, 15) is 4.79 Å². The smallest absolute Gasteiger partial charge is 0.223 e. The van der Waals surface area contributed by atoms with Gasteiger partial charge in [0.05, 0.1) is 0 Å². The molecule has 1 amide bonds. The highest BCUT2D eigenvalue weighted by Crippen LogP contribution is 2.43. The van der Waals surface area contributed by atoms with E-state index in [-0.39, 0.29) is 23.8 Å². The molecule has 1 fully saturated rings. The van der Waals surface area contributed by atoms with E-state index in [0.717, 1.165) is 24.8 Å². The van der Waals surface area contributed by atoms with Crippen LogP contribution in [0.4, 0.5) is 0 Å². The van der Waals surface area contributed by atoms with Crippen LogP contribution in [0.1, 0.15) is 38.2 Å². The van der Waals surface area contributed by atoms with Crippen LogP contribution in [-0.4, -0.2) is 24.2 Å². The quantitative estimate of drug-likeness (QED) is 0.812. The lowest BCUT2D eigenvalue weighted by atomic mass is 9.66. The Labute approximate surface area is 131 Å². The molecule has 1 aliphatic rings. The minimum atomic E-state index is -0.0743. The van der Waals surface area contributed by atoms with Crippen LogP contribution in [0, 0.1) is 11.3 Å². The lowest BCUT2D eigenvalue weighted by Gasteiger charge is -2.42. The van der Waals surface area contributed by atoms with Gasteiger partial charge in [0, 0.05) is 24.1 Å². The first-order valence-electron chi connectivity index (χ1n) is 7.68. The van der Waals surface area contributed by atoms with E-state index in [2.05, 4.69) is 5.32 Å². The van der Waals surface area contributed by atoms with E-state index in [0.29, 0.717) is 18.0 Å². The third-order valence-electron chi connectivity index (χ3n) is 4.57. The van der Waals surface area contributed by atoms with Gasteiger partial charge in [-0.05, 0) is 48.8 Å². The predicted molar refractivity (Wildman–Crippen MR) is 85.3 cm³/mol. The highest BCUT2D eigenvalue weighted by Gasteiger charge is 2.36. The van der Waals surface area contributed by atoms with Crippen molar-refractivity contribution in [2.24, 2.45) is 11.3 Å². The summed E-state index contributed by atoms with van der Waals surface area (Å²) in [6, 6.07) is 7.65. The second-order valence-electron chi connectivity index (χ2n) is 6.28. The van der Waals surface area contributed by atoms with E-state index in [4.69, 9.17) is 16.7 Å². The summed E-state index contributed by atoms with van der Waals surface area (Å²) < 4.78 is 0. The Hall–Kier alpha value is -1.06. The van der Waals surface area contributed by atoms with Gasteiger partial charge in [0.2, 0.25) is 5.91 Å². The van der Waals surface area contributed by atoms with E-state index in [1.165, 1.54) is 6.42 Å². The summed E-state index contributed by atoms with van der Waals surface area (Å²) >= 11 is 5.97. The molecular weight excluding hydrogens is 286 g/mol. The third-order valence-corrected chi connectivity index (χ3v) is 4.81. The SMILES string of the molecule is C[C@@H](Cc1cccc(Cl)c1)C(=O)NCC1(CCO)CCC1. The maximum absolute atomic E-state index is 12.2. The Morgan fingerprint density at radius 1 is 1.48 bits per heavy atom. The van der Waals surface area contributed by atoms with Gasteiger partial charge in [0.25, 0.3) is 0 Å². The molecule has 2 rings (SSSR count). The van der Waals surface area contributed by atoms with E-state index in [1.807, 2.05) is 31.2 Å². The summed E-state index contributed by atoms with van der Waals surface area (Å²) in [5.41, 5.74) is 1.22. The number of hydrogen-bond acceptors (Lipinski definition) is 2. The zero-order valence-corrected chi connectivity index (χ0v) is 13.3. The first-order chi connectivity index (χ1) is 10.0. The van der Waals surface area contributed by atoms with E-state index < -0.39 is 0 Å². The number of halogens is 1. The van der Waals surface area contributed by atoms with Gasteiger partial charge in [-0.2, -0.15) is 0 Å². The Morgan fingerprint density at radius 3 is 2.81 bits per heavy atom. The number of hydrogen-bond donors (Lipinski definition) is 2. The number of amides is 1. The lowest BCUT2D eigenvalue weighted by molar-refractivity contribution is -0.125. The molecule has 4 heteroatoms. The average molecular weight is 310 g/mol. The highest BCUT2D eigenvalue weighted by atomic mass is 35.5. The minimum Gasteiger partial charge on any atom is -0.396 e. The van der Waals surface area contributed by atoms with Crippen LogP contribution in [0.2, 0.25) is 5.02 Å². The van der Waals surface area contributed by atoms with Crippen molar-refractivity contribution in [3.63, 3.8) is 0 Å². The molecule has 0 aliphatic heterocycles. The second-order valence-corrected chi connectivity index (χ2v) is 6.72. The molecule has 1 saturated carbocycles. The van der Waals surface area contributed by atoms with Crippen LogP contribution in [0.15, 0.2) is 24.3 Å². The van der Waals surface area contributed by atoms with Crippen molar-refractivity contribution >= 4 is 17.5 Å². The monoisotopic (exact) mass is 309 g/mol. The maximum atomic E-state index is 12.2. The summed E-state index contributed by atoms with van der Waals surface area (Å²) in [7, 11) is 0. The van der Waals surface area contributed by atoms with Crippen molar-refractivity contribution in [3.05, 3.63) is 34.9 Å². The Morgan fingerprint density at radius 2 is 2.24 bits per heavy atom. The van der Waals surface area contributed by atoms with Gasteiger partial charge in [-0.15, -0.1) is 0 Å². The Kier molecular flexibility index (Phi) is 5.65. The van der Waals surface area contributed by atoms with Crippen LogP contribution >= 0.6 is 11.6 Å². The molecule has 0 heterocycles. The lowest BCUT2D eigenvalue weighted by Crippen LogP contribution is -2.44. The van der Waals surface area contributed by atoms with Crippen LogP contribution in [0.3, 0.4) is 0 Å². The van der Waals surface area contributed by atoms with Crippen molar-refractivity contribution in [1.29, 1.82) is 0 Å². The average Bonchev–Trinajstić information content (AvgIpc) is 2.41. The largest absolute Gasteiger partial charge is 0.396 e. The number of carbonyl (C=O) groups excluding carboxylic acids is 1. The van der Waals surface area contributed by atoms with Crippen LogP contribution < -0.4 is 5.32 Å². The first kappa shape index (κ1) is 16.3. The third kappa shape index (κ3) is 4.45. The van der Waals surface area contributed by atoms with Crippen molar-refractivity contribution < 1.29 is 9.90 Å². The minimum absolute atomic E-state index is 0.0743. The molecule has 0 unspecified atom stereocenters. The summed E-state index contributed by atoms with van der Waals surface area (Å²) in [4.78, 5) is 12.2. The molecule has 21 heavy (non-hydrogen) atoms. The number of rotatable bonds is 7. The zero-order chi connectivity index (χ0) is 15.3. The fourth-order valence-electron chi connectivity index (χ4n) is 2.99. The number of nitrogens with one attached hydrogen (secondary N) is 1. The number of carbonyl (C=O) groups is 1. The van der Waals surface area contributed by atoms with Crippen LogP contribution in [-0.2, 0) is 11.2 Å². The van der Waals surface area contributed by atoms with E-state index >= 15 is 0 Å². The van der Waals surface area contributed by atoms with Crippen LogP contribution in [0.5, 0.6) is 0 Å². The molecular formula is C17H24ClNO2. The normalized spacial score (nSPS) is 17.9. The Balaban J connectivity index is 1.82. The van der Waals surface area contributed by atoms with Crippen molar-refractivity contribution in [2.45, 2.75) is 39.0 Å². The van der Waals surface area contributed by atoms with Gasteiger partial charge in [-0.3, -0.25) is 4.79 Å². The summed E-state index contributed by atoms with van der Waals surface area (Å²) in [6.07, 6.45) is 4.90. The van der Waals surface area contributed by atoms with E-state index in [1.54, 1.807) is 0 Å². The summed E-state index contributed by atoms with van der Waals surface area (Å²) in [5, 5.41) is 12.9. The van der Waals surface area contributed by atoms with Gasteiger partial charge < -0.3 is 10.4 Å². The summed E-state index contributed by atoms with van der Waals surface area (Å²) in [6.45, 7) is 2.83. The van der Waals surface area contributed by atoms with Gasteiger partial charge in [0.15, 0.2) is 0 Å².